The number of rotatable bonds is 13. The van der Waals surface area contributed by atoms with Gasteiger partial charge in [-0.1, -0.05) is 66.0 Å². The van der Waals surface area contributed by atoms with Crippen LogP contribution in [0.4, 0.5) is 0 Å². The average Bonchev–Trinajstić information content (AvgIpc) is 3.58. The molecule has 8 N–H and O–H groups in total. The molecule has 0 bridgehead atoms. The lowest BCUT2D eigenvalue weighted by molar-refractivity contribution is -0.366. The Bertz CT molecular complexity index is 1450. The Morgan fingerprint density at radius 3 is 2.20 bits per heavy atom. The van der Waals surface area contributed by atoms with Gasteiger partial charge in [0.05, 0.1) is 25.4 Å². The first-order valence-electron chi connectivity index (χ1n) is 23.4. The molecule has 0 aromatic heterocycles. The lowest BCUT2D eigenvalue weighted by atomic mass is 9.46. The number of fused-ring (bicyclic) bond motifs is 5. The Morgan fingerprint density at radius 2 is 1.48 bits per heavy atom. The minimum absolute atomic E-state index is 0.0435. The van der Waals surface area contributed by atoms with Gasteiger partial charge in [0.2, 0.25) is 0 Å². The van der Waals surface area contributed by atoms with E-state index in [1.807, 2.05) is 0 Å². The van der Waals surface area contributed by atoms with Crippen molar-refractivity contribution in [3.8, 4) is 0 Å². The maximum absolute atomic E-state index is 11.9. The summed E-state index contributed by atoms with van der Waals surface area (Å²) in [5.41, 5.74) is 1.83. The van der Waals surface area contributed by atoms with E-state index in [2.05, 4.69) is 47.6 Å². The third-order valence-corrected chi connectivity index (χ3v) is 17.2. The number of aliphatic hydroxyl groups is 8. The maximum Gasteiger partial charge on any atom is 0.187 e. The van der Waals surface area contributed by atoms with Crippen LogP contribution in [0.15, 0.2) is 11.6 Å². The van der Waals surface area contributed by atoms with Crippen molar-refractivity contribution < 1.29 is 69.3 Å². The molecule has 3 heterocycles. The van der Waals surface area contributed by atoms with E-state index < -0.39 is 92.1 Å². The van der Waals surface area contributed by atoms with Crippen LogP contribution in [0, 0.1) is 52.3 Å². The van der Waals surface area contributed by atoms with Crippen LogP contribution in [-0.2, 0) is 28.4 Å². The highest BCUT2D eigenvalue weighted by Crippen LogP contribution is 2.68. The van der Waals surface area contributed by atoms with Gasteiger partial charge in [-0.3, -0.25) is 0 Å². The molecule has 0 unspecified atom stereocenters. The fraction of sp³-hybridized carbons (Fsp3) is 0.957. The minimum atomic E-state index is -1.76. The molecule has 7 aliphatic rings. The summed E-state index contributed by atoms with van der Waals surface area (Å²) in [7, 11) is 0. The van der Waals surface area contributed by atoms with E-state index in [-0.39, 0.29) is 18.6 Å². The zero-order valence-corrected chi connectivity index (χ0v) is 37.0. The number of hydrogen-bond donors (Lipinski definition) is 8. The predicted octanol–water partition coefficient (Wildman–Crippen LogP) is 3.16. The highest BCUT2D eigenvalue weighted by atomic mass is 16.7. The topological polar surface area (TPSA) is 217 Å². The number of allylic oxidation sites excluding steroid dienone is 1. The molecule has 0 spiro atoms. The molecular formula is C46H78O14. The lowest BCUT2D eigenvalue weighted by Gasteiger charge is -2.59. The number of aliphatic hydroxyl groups excluding tert-OH is 8. The van der Waals surface area contributed by atoms with Crippen LogP contribution < -0.4 is 0 Å². The first kappa shape index (κ1) is 47.2. The van der Waals surface area contributed by atoms with E-state index in [1.54, 1.807) is 0 Å². The SMILES string of the molecule is CC[C@H](CC[C@@H](C)[C@H]1CC[C@H]2[C@@H]3CCC4=C[C@@H](O[C@H]5[C@H](O)[C@@H](O[C@@H]6O[C@@H](C)[C@H](O)[C@@H](O)[C@H]6O)[C@H](O)O[C@@H]5CO[C@@H]5OC[C@@H](O)[C@H](O)[C@H]5O)CC[C@]4(C)[C@H]3CC[C@]12C)C(C)C. The van der Waals surface area contributed by atoms with Crippen molar-refractivity contribution in [2.75, 3.05) is 13.2 Å². The van der Waals surface area contributed by atoms with Gasteiger partial charge < -0.3 is 69.3 Å². The first-order valence-corrected chi connectivity index (χ1v) is 23.4. The summed E-state index contributed by atoms with van der Waals surface area (Å²) in [5, 5.41) is 85.1. The van der Waals surface area contributed by atoms with Crippen LogP contribution in [0.1, 0.15) is 119 Å². The van der Waals surface area contributed by atoms with Gasteiger partial charge in [0.25, 0.3) is 0 Å². The van der Waals surface area contributed by atoms with Crippen LogP contribution >= 0.6 is 0 Å². The van der Waals surface area contributed by atoms with Crippen LogP contribution in [0.25, 0.3) is 0 Å². The minimum Gasteiger partial charge on any atom is -0.388 e. The molecule has 4 aliphatic carbocycles. The van der Waals surface area contributed by atoms with Crippen molar-refractivity contribution in [2.45, 2.75) is 211 Å². The normalized spacial score (nSPS) is 50.7. The van der Waals surface area contributed by atoms with Gasteiger partial charge in [-0.15, -0.1) is 0 Å². The van der Waals surface area contributed by atoms with Crippen LogP contribution in [0.5, 0.6) is 0 Å². The summed E-state index contributed by atoms with van der Waals surface area (Å²) in [4.78, 5) is 0. The summed E-state index contributed by atoms with van der Waals surface area (Å²) in [6.07, 6.45) is -5.10. The highest BCUT2D eigenvalue weighted by molar-refractivity contribution is 5.26. The molecule has 14 heteroatoms. The van der Waals surface area contributed by atoms with Crippen LogP contribution in [0.2, 0.25) is 0 Å². The molecule has 3 aliphatic heterocycles. The Kier molecular flexibility index (Phi) is 14.9. The Morgan fingerprint density at radius 1 is 0.750 bits per heavy atom. The largest absolute Gasteiger partial charge is 0.388 e. The van der Waals surface area contributed by atoms with Gasteiger partial charge in [0.1, 0.15) is 61.0 Å². The van der Waals surface area contributed by atoms with E-state index >= 15 is 0 Å². The molecule has 23 atom stereocenters. The van der Waals surface area contributed by atoms with Crippen molar-refractivity contribution in [3.05, 3.63) is 11.6 Å². The molecule has 0 aromatic rings. The standard InChI is InChI=1S/C46H78O14/c1-8-25(22(2)3)10-9-23(4)29-13-14-30-28-12-11-26-19-27(15-17-45(26,6)31(28)16-18-46(29,30)7)58-40-33(21-56-43-37(51)35(49)32(47)20-55-43)59-42(54)41(39(40)53)60-44-38(52)36(50)34(48)24(5)57-44/h19,22-25,27-44,47-54H,8-18,20-21H2,1-7H3/t23-,24+,25-,27+,28+,29-,30+,31+,32-,33-,34+,35+,36-,37-,38-,39+,40-,41-,42-,43+,44+,45+,46-/m1/s1. The van der Waals surface area contributed by atoms with Crippen molar-refractivity contribution in [3.63, 3.8) is 0 Å². The van der Waals surface area contributed by atoms with Gasteiger partial charge in [0.15, 0.2) is 18.9 Å². The Labute approximate surface area is 356 Å². The molecule has 0 aromatic carbocycles. The predicted molar refractivity (Wildman–Crippen MR) is 219 cm³/mol. The van der Waals surface area contributed by atoms with Gasteiger partial charge >= 0.3 is 0 Å². The molecule has 0 amide bonds. The summed E-state index contributed by atoms with van der Waals surface area (Å²) in [6.45, 7) is 15.6. The zero-order valence-electron chi connectivity index (χ0n) is 37.0. The van der Waals surface area contributed by atoms with Gasteiger partial charge in [-0.2, -0.15) is 0 Å². The quantitative estimate of drug-likeness (QED) is 0.125. The molecule has 346 valence electrons. The monoisotopic (exact) mass is 855 g/mol. The van der Waals surface area contributed by atoms with Gasteiger partial charge in [-0.05, 0) is 117 Å². The third-order valence-electron chi connectivity index (χ3n) is 17.2. The smallest absolute Gasteiger partial charge is 0.187 e. The Balaban J connectivity index is 1.05. The second-order valence-electron chi connectivity index (χ2n) is 20.8. The van der Waals surface area contributed by atoms with Crippen molar-refractivity contribution in [2.24, 2.45) is 52.3 Å². The number of hydrogen-bond acceptors (Lipinski definition) is 14. The van der Waals surface area contributed by atoms with Crippen LogP contribution in [-0.4, -0.2) is 146 Å². The second-order valence-corrected chi connectivity index (χ2v) is 20.8. The molecular weight excluding hydrogens is 776 g/mol. The first-order chi connectivity index (χ1) is 28.4. The molecule has 6 fully saturated rings. The summed E-state index contributed by atoms with van der Waals surface area (Å²) in [5.74, 6) is 5.12. The maximum atomic E-state index is 11.9. The zero-order chi connectivity index (χ0) is 43.4. The van der Waals surface area contributed by atoms with Gasteiger partial charge in [0, 0.05) is 0 Å². The molecule has 3 saturated heterocycles. The van der Waals surface area contributed by atoms with E-state index in [9.17, 15) is 40.9 Å². The fourth-order valence-corrected chi connectivity index (χ4v) is 13.4. The van der Waals surface area contributed by atoms with Crippen LogP contribution in [0.3, 0.4) is 0 Å². The highest BCUT2D eigenvalue weighted by Gasteiger charge is 2.60. The summed E-state index contributed by atoms with van der Waals surface area (Å²) in [6, 6.07) is 0. The average molecular weight is 855 g/mol. The van der Waals surface area contributed by atoms with E-state index in [0.717, 1.165) is 48.9 Å². The summed E-state index contributed by atoms with van der Waals surface area (Å²) >= 11 is 0. The molecule has 14 nitrogen and oxygen atoms in total. The number of ether oxygens (including phenoxy) is 6. The Hall–Kier alpha value is -0.820. The summed E-state index contributed by atoms with van der Waals surface area (Å²) < 4.78 is 35.5. The van der Waals surface area contributed by atoms with E-state index in [1.165, 1.54) is 57.4 Å². The molecule has 60 heavy (non-hydrogen) atoms. The molecule has 0 radical (unpaired) electrons. The van der Waals surface area contributed by atoms with Crippen molar-refractivity contribution >= 4 is 0 Å². The van der Waals surface area contributed by atoms with E-state index in [4.69, 9.17) is 28.4 Å². The fourth-order valence-electron chi connectivity index (χ4n) is 13.4. The third kappa shape index (κ3) is 8.93. The molecule has 3 saturated carbocycles. The van der Waals surface area contributed by atoms with Crippen molar-refractivity contribution in [1.29, 1.82) is 0 Å². The van der Waals surface area contributed by atoms with Gasteiger partial charge in [-0.25, -0.2) is 0 Å². The van der Waals surface area contributed by atoms with E-state index in [0.29, 0.717) is 23.7 Å². The van der Waals surface area contributed by atoms with Crippen molar-refractivity contribution in [1.82, 2.24) is 0 Å². The second kappa shape index (κ2) is 19.0. The lowest BCUT2D eigenvalue weighted by Crippen LogP contribution is -2.65. The molecule has 7 rings (SSSR count).